The van der Waals surface area contributed by atoms with Crippen LogP contribution in [0.4, 0.5) is 18.9 Å². The van der Waals surface area contributed by atoms with Crippen molar-refractivity contribution in [1.29, 1.82) is 0 Å². The van der Waals surface area contributed by atoms with E-state index in [0.717, 1.165) is 31.8 Å². The topological polar surface area (TPSA) is 77.2 Å². The lowest BCUT2D eigenvalue weighted by atomic mass is 9.93. The average Bonchev–Trinajstić information content (AvgIpc) is 3.35. The highest BCUT2D eigenvalue weighted by molar-refractivity contribution is 6.36. The molecule has 200 valence electrons. The van der Waals surface area contributed by atoms with Gasteiger partial charge >= 0.3 is 6.18 Å². The molecule has 0 unspecified atom stereocenters. The molecule has 1 aliphatic heterocycles. The molecule has 0 bridgehead atoms. The van der Waals surface area contributed by atoms with Gasteiger partial charge in [-0.25, -0.2) is 0 Å². The summed E-state index contributed by atoms with van der Waals surface area (Å²) >= 11 is 0. The summed E-state index contributed by atoms with van der Waals surface area (Å²) in [5.74, 6) is -0.565. The molecule has 2 amide bonds. The average molecular weight is 525 g/mol. The highest BCUT2D eigenvalue weighted by atomic mass is 19.4. The van der Waals surface area contributed by atoms with Gasteiger partial charge in [-0.1, -0.05) is 38.1 Å². The smallest absolute Gasteiger partial charge is 0.358 e. The van der Waals surface area contributed by atoms with Gasteiger partial charge in [0.05, 0.1) is 16.7 Å². The first kappa shape index (κ1) is 27.2. The van der Waals surface area contributed by atoms with Crippen LogP contribution in [0.25, 0.3) is 22.8 Å². The molecular formula is C29H31F3N4O2. The first-order chi connectivity index (χ1) is 18.0. The number of anilines is 1. The number of aromatic amines is 1. The molecule has 0 radical (unpaired) electrons. The van der Waals surface area contributed by atoms with E-state index in [-0.39, 0.29) is 11.8 Å². The molecule has 0 spiro atoms. The minimum Gasteiger partial charge on any atom is -0.358 e. The van der Waals surface area contributed by atoms with Crippen molar-refractivity contribution in [3.8, 4) is 11.1 Å². The van der Waals surface area contributed by atoms with E-state index in [2.05, 4.69) is 34.4 Å². The zero-order valence-corrected chi connectivity index (χ0v) is 21.8. The number of fused-ring (bicyclic) bond motifs is 1. The predicted octanol–water partition coefficient (Wildman–Crippen LogP) is 5.88. The minimum absolute atomic E-state index is 0.200. The summed E-state index contributed by atoms with van der Waals surface area (Å²) in [6.07, 6.45) is -2.82. The maximum atomic E-state index is 13.4. The van der Waals surface area contributed by atoms with Gasteiger partial charge in [0.15, 0.2) is 0 Å². The van der Waals surface area contributed by atoms with E-state index in [1.807, 2.05) is 6.92 Å². The van der Waals surface area contributed by atoms with Gasteiger partial charge in [0.25, 0.3) is 11.8 Å². The molecule has 6 nitrogen and oxygen atoms in total. The van der Waals surface area contributed by atoms with Crippen molar-refractivity contribution in [2.24, 2.45) is 0 Å². The molecule has 1 aromatic heterocycles. The number of hydrogen-bond donors (Lipinski definition) is 3. The van der Waals surface area contributed by atoms with Crippen LogP contribution < -0.4 is 10.6 Å². The third kappa shape index (κ3) is 5.38. The summed E-state index contributed by atoms with van der Waals surface area (Å²) in [5, 5.41) is 5.78. The largest absolute Gasteiger partial charge is 0.416 e. The molecule has 9 heteroatoms. The SMILES string of the molecule is CCN(CC)CCNC(=O)c1c(C)[nH]c(/C=C2\C(=O)Nc3cccc(-c4cccc(C(F)(F)F)c4)c32)c1C. The summed E-state index contributed by atoms with van der Waals surface area (Å²) < 4.78 is 40.1. The van der Waals surface area contributed by atoms with Crippen LogP contribution in [-0.4, -0.2) is 47.9 Å². The second-order valence-corrected chi connectivity index (χ2v) is 9.27. The fraction of sp³-hybridized carbons (Fsp3) is 0.310. The number of alkyl halides is 3. The highest BCUT2D eigenvalue weighted by Crippen LogP contribution is 2.42. The molecule has 0 saturated heterocycles. The third-order valence-electron chi connectivity index (χ3n) is 6.93. The van der Waals surface area contributed by atoms with Crippen LogP contribution in [0, 0.1) is 13.8 Å². The van der Waals surface area contributed by atoms with Crippen molar-refractivity contribution in [2.45, 2.75) is 33.9 Å². The molecule has 2 aromatic carbocycles. The van der Waals surface area contributed by atoms with E-state index >= 15 is 0 Å². The van der Waals surface area contributed by atoms with Crippen LogP contribution in [0.2, 0.25) is 0 Å². The highest BCUT2D eigenvalue weighted by Gasteiger charge is 2.32. The minimum atomic E-state index is -4.48. The maximum absolute atomic E-state index is 13.4. The number of H-pyrrole nitrogens is 1. The van der Waals surface area contributed by atoms with Crippen molar-refractivity contribution < 1.29 is 22.8 Å². The van der Waals surface area contributed by atoms with Crippen molar-refractivity contribution >= 4 is 29.2 Å². The summed E-state index contributed by atoms with van der Waals surface area (Å²) in [7, 11) is 0. The Morgan fingerprint density at radius 2 is 1.79 bits per heavy atom. The van der Waals surface area contributed by atoms with E-state index in [1.165, 1.54) is 6.07 Å². The summed E-state index contributed by atoms with van der Waals surface area (Å²) in [4.78, 5) is 31.4. The summed E-state index contributed by atoms with van der Waals surface area (Å²) in [6.45, 7) is 10.8. The number of nitrogens with zero attached hydrogens (tertiary/aromatic N) is 1. The van der Waals surface area contributed by atoms with Crippen molar-refractivity contribution in [2.75, 3.05) is 31.5 Å². The number of benzene rings is 2. The lowest BCUT2D eigenvalue weighted by Gasteiger charge is -2.18. The monoisotopic (exact) mass is 524 g/mol. The number of carbonyl (C=O) groups is 2. The molecule has 0 aliphatic carbocycles. The molecule has 0 atom stereocenters. The Hall–Kier alpha value is -3.85. The summed E-state index contributed by atoms with van der Waals surface area (Å²) in [5.41, 5.74) is 3.91. The quantitative estimate of drug-likeness (QED) is 0.322. The molecule has 4 rings (SSSR count). The van der Waals surface area contributed by atoms with Crippen molar-refractivity contribution in [1.82, 2.24) is 15.2 Å². The second kappa shape index (κ2) is 10.9. The maximum Gasteiger partial charge on any atom is 0.416 e. The number of aryl methyl sites for hydroxylation is 1. The second-order valence-electron chi connectivity index (χ2n) is 9.27. The van der Waals surface area contributed by atoms with Crippen LogP contribution in [0.1, 0.15) is 52.3 Å². The molecule has 1 aliphatic rings. The van der Waals surface area contributed by atoms with Gasteiger partial charge in [0.2, 0.25) is 0 Å². The van der Waals surface area contributed by atoms with E-state index in [0.29, 0.717) is 57.0 Å². The fourth-order valence-electron chi connectivity index (χ4n) is 4.85. The number of halogens is 3. The zero-order chi connectivity index (χ0) is 27.6. The molecule has 0 fully saturated rings. The van der Waals surface area contributed by atoms with E-state index in [4.69, 9.17) is 0 Å². The molecular weight excluding hydrogens is 493 g/mol. The van der Waals surface area contributed by atoms with Gasteiger partial charge in [0.1, 0.15) is 0 Å². The van der Waals surface area contributed by atoms with E-state index in [9.17, 15) is 22.8 Å². The Balaban J connectivity index is 1.70. The molecule has 0 saturated carbocycles. The van der Waals surface area contributed by atoms with Crippen LogP contribution in [0.15, 0.2) is 42.5 Å². The first-order valence-electron chi connectivity index (χ1n) is 12.6. The van der Waals surface area contributed by atoms with Gasteiger partial charge in [0, 0.05) is 35.7 Å². The molecule has 3 aromatic rings. The Morgan fingerprint density at radius 1 is 1.08 bits per heavy atom. The zero-order valence-electron chi connectivity index (χ0n) is 21.8. The van der Waals surface area contributed by atoms with Crippen molar-refractivity contribution in [3.63, 3.8) is 0 Å². The Labute approximate surface area is 219 Å². The molecule has 38 heavy (non-hydrogen) atoms. The normalized spacial score (nSPS) is 14.2. The molecule has 2 heterocycles. The lowest BCUT2D eigenvalue weighted by molar-refractivity contribution is -0.137. The van der Waals surface area contributed by atoms with Crippen LogP contribution in [0.3, 0.4) is 0 Å². The van der Waals surface area contributed by atoms with Gasteiger partial charge in [-0.05, 0) is 67.9 Å². The fourth-order valence-corrected chi connectivity index (χ4v) is 4.85. The number of hydrogen-bond acceptors (Lipinski definition) is 3. The number of nitrogens with one attached hydrogen (secondary N) is 3. The van der Waals surface area contributed by atoms with Gasteiger partial charge < -0.3 is 20.5 Å². The van der Waals surface area contributed by atoms with E-state index < -0.39 is 11.7 Å². The number of likely N-dealkylation sites (N-methyl/N-ethyl adjacent to an activating group) is 1. The Bertz CT molecular complexity index is 1400. The standard InChI is InChI=1S/C29H31F3N4O2/c1-5-36(6-2)14-13-33-28(38)25-17(3)24(34-18(25)4)16-22-26-21(11-8-12-23(26)35-27(22)37)19-9-7-10-20(15-19)29(30,31)32/h7-12,15-16,34H,5-6,13-14H2,1-4H3,(H,33,38)(H,35,37)/b22-16-. The van der Waals surface area contributed by atoms with E-state index in [1.54, 1.807) is 37.3 Å². The van der Waals surface area contributed by atoms with Gasteiger partial charge in [-0.15, -0.1) is 0 Å². The van der Waals surface area contributed by atoms with Gasteiger partial charge in [-0.2, -0.15) is 13.2 Å². The number of rotatable bonds is 8. The van der Waals surface area contributed by atoms with Crippen LogP contribution >= 0.6 is 0 Å². The van der Waals surface area contributed by atoms with Crippen LogP contribution in [-0.2, 0) is 11.0 Å². The predicted molar refractivity (Wildman–Crippen MR) is 144 cm³/mol. The number of aromatic nitrogens is 1. The van der Waals surface area contributed by atoms with Gasteiger partial charge in [-0.3, -0.25) is 9.59 Å². The van der Waals surface area contributed by atoms with Crippen molar-refractivity contribution in [3.05, 3.63) is 76.1 Å². The molecule has 3 N–H and O–H groups in total. The number of carbonyl (C=O) groups excluding carboxylic acids is 2. The lowest BCUT2D eigenvalue weighted by Crippen LogP contribution is -2.35. The Morgan fingerprint density at radius 3 is 2.47 bits per heavy atom. The summed E-state index contributed by atoms with van der Waals surface area (Å²) in [6, 6.07) is 10.2. The Kier molecular flexibility index (Phi) is 7.78. The number of amides is 2. The first-order valence-corrected chi connectivity index (χ1v) is 12.6. The third-order valence-corrected chi connectivity index (χ3v) is 6.93. The van der Waals surface area contributed by atoms with Crippen LogP contribution in [0.5, 0.6) is 0 Å².